The van der Waals surface area contributed by atoms with Gasteiger partial charge in [0.2, 0.25) is 11.8 Å². The van der Waals surface area contributed by atoms with Gasteiger partial charge in [-0.3, -0.25) is 9.59 Å². The minimum atomic E-state index is 0.0402. The average Bonchev–Trinajstić information content (AvgIpc) is 2.74. The van der Waals surface area contributed by atoms with Crippen molar-refractivity contribution in [2.45, 2.75) is 18.6 Å². The number of nitriles is 1. The Balaban J connectivity index is 1.37. The number of likely N-dealkylation sites (tertiary alicyclic amines) is 1. The first-order chi connectivity index (χ1) is 13.2. The van der Waals surface area contributed by atoms with E-state index in [1.165, 1.54) is 0 Å². The lowest BCUT2D eigenvalue weighted by Gasteiger charge is -2.35. The predicted molar refractivity (Wildman–Crippen MR) is 104 cm³/mol. The summed E-state index contributed by atoms with van der Waals surface area (Å²) in [6.45, 7) is 3.95. The minimum Gasteiger partial charge on any atom is -0.378 e. The fourth-order valence-corrected chi connectivity index (χ4v) is 4.33. The third-order valence-corrected chi connectivity index (χ3v) is 6.09. The quantitative estimate of drug-likeness (QED) is 0.771. The van der Waals surface area contributed by atoms with Crippen molar-refractivity contribution in [2.24, 2.45) is 5.92 Å². The first-order valence-corrected chi connectivity index (χ1v) is 10.5. The molecule has 1 aromatic rings. The molecule has 0 atom stereocenters. The second-order valence-corrected chi connectivity index (χ2v) is 7.88. The van der Waals surface area contributed by atoms with E-state index < -0.39 is 0 Å². The largest absolute Gasteiger partial charge is 0.378 e. The van der Waals surface area contributed by atoms with Gasteiger partial charge in [0.1, 0.15) is 0 Å². The number of benzene rings is 1. The maximum absolute atomic E-state index is 12.5. The standard InChI is InChI=1S/C20H25N3O3S/c21-13-16-1-3-17(4-2-16)14-27-15-19(24)22-7-5-18(6-8-22)20(25)23-9-11-26-12-10-23/h1-4,18H,5-12,14-15H2. The number of thioether (sulfide) groups is 1. The Labute approximate surface area is 164 Å². The Hall–Kier alpha value is -2.04. The maximum atomic E-state index is 12.5. The zero-order valence-corrected chi connectivity index (χ0v) is 16.2. The fraction of sp³-hybridized carbons (Fsp3) is 0.550. The van der Waals surface area contributed by atoms with E-state index in [4.69, 9.17) is 10.00 Å². The number of morpholine rings is 1. The van der Waals surface area contributed by atoms with Crippen LogP contribution in [0.25, 0.3) is 0 Å². The van der Waals surface area contributed by atoms with Crippen molar-refractivity contribution in [3.8, 4) is 6.07 Å². The van der Waals surface area contributed by atoms with Gasteiger partial charge in [0.15, 0.2) is 0 Å². The molecule has 0 aliphatic carbocycles. The first-order valence-electron chi connectivity index (χ1n) is 9.38. The Morgan fingerprint density at radius 2 is 1.74 bits per heavy atom. The van der Waals surface area contributed by atoms with Crippen LogP contribution in [0.2, 0.25) is 0 Å². The van der Waals surface area contributed by atoms with Gasteiger partial charge in [0.25, 0.3) is 0 Å². The Bertz CT molecular complexity index is 687. The Kier molecular flexibility index (Phi) is 7.13. The highest BCUT2D eigenvalue weighted by atomic mass is 32.2. The smallest absolute Gasteiger partial charge is 0.232 e. The number of hydrogen-bond acceptors (Lipinski definition) is 5. The van der Waals surface area contributed by atoms with Crippen LogP contribution in [0.4, 0.5) is 0 Å². The third kappa shape index (κ3) is 5.47. The average molecular weight is 388 g/mol. The topological polar surface area (TPSA) is 73.6 Å². The normalized spacial score (nSPS) is 18.2. The number of nitrogens with zero attached hydrogens (tertiary/aromatic N) is 3. The van der Waals surface area contributed by atoms with Crippen LogP contribution in [0.3, 0.4) is 0 Å². The van der Waals surface area contributed by atoms with E-state index in [0.717, 1.165) is 24.2 Å². The number of amides is 2. The molecule has 0 saturated carbocycles. The van der Waals surface area contributed by atoms with Crippen LogP contribution in [0.5, 0.6) is 0 Å². The summed E-state index contributed by atoms with van der Waals surface area (Å²) in [5.74, 6) is 1.61. The molecule has 6 nitrogen and oxygen atoms in total. The molecule has 1 aromatic carbocycles. The molecule has 0 spiro atoms. The van der Waals surface area contributed by atoms with Gasteiger partial charge < -0.3 is 14.5 Å². The number of ether oxygens (including phenoxy) is 1. The number of rotatable bonds is 5. The third-order valence-electron chi connectivity index (χ3n) is 5.10. The monoisotopic (exact) mass is 387 g/mol. The highest BCUT2D eigenvalue weighted by molar-refractivity contribution is 7.99. The summed E-state index contributed by atoms with van der Waals surface area (Å²) in [7, 11) is 0. The zero-order chi connectivity index (χ0) is 19.1. The van der Waals surface area contributed by atoms with E-state index in [1.807, 2.05) is 21.9 Å². The van der Waals surface area contributed by atoms with Gasteiger partial charge in [0.05, 0.1) is 30.6 Å². The summed E-state index contributed by atoms with van der Waals surface area (Å²) in [5.41, 5.74) is 1.76. The second-order valence-electron chi connectivity index (χ2n) is 6.89. The highest BCUT2D eigenvalue weighted by Gasteiger charge is 2.30. The summed E-state index contributed by atoms with van der Waals surface area (Å²) < 4.78 is 5.30. The molecule has 144 valence electrons. The van der Waals surface area contributed by atoms with Crippen LogP contribution in [0.15, 0.2) is 24.3 Å². The SMILES string of the molecule is N#Cc1ccc(CSCC(=O)N2CCC(C(=O)N3CCOCC3)CC2)cc1. The summed E-state index contributed by atoms with van der Waals surface area (Å²) in [6.07, 6.45) is 1.50. The zero-order valence-electron chi connectivity index (χ0n) is 15.4. The van der Waals surface area contributed by atoms with Crippen LogP contribution in [-0.4, -0.2) is 66.8 Å². The molecule has 2 heterocycles. The van der Waals surface area contributed by atoms with Crippen molar-refractivity contribution in [3.63, 3.8) is 0 Å². The molecular formula is C20H25N3O3S. The van der Waals surface area contributed by atoms with Crippen molar-refractivity contribution in [3.05, 3.63) is 35.4 Å². The lowest BCUT2D eigenvalue weighted by atomic mass is 9.95. The molecular weight excluding hydrogens is 362 g/mol. The number of carbonyl (C=O) groups is 2. The summed E-state index contributed by atoms with van der Waals surface area (Å²) in [5, 5.41) is 8.81. The molecule has 0 bridgehead atoms. The van der Waals surface area contributed by atoms with Crippen molar-refractivity contribution in [2.75, 3.05) is 45.1 Å². The molecule has 2 saturated heterocycles. The lowest BCUT2D eigenvalue weighted by molar-refractivity contribution is -0.143. The van der Waals surface area contributed by atoms with E-state index in [1.54, 1.807) is 23.9 Å². The second kappa shape index (κ2) is 9.77. The molecule has 2 amide bonds. The molecule has 0 N–H and O–H groups in total. The van der Waals surface area contributed by atoms with Gasteiger partial charge in [-0.05, 0) is 30.5 Å². The van der Waals surface area contributed by atoms with Crippen LogP contribution < -0.4 is 0 Å². The Morgan fingerprint density at radius 1 is 1.07 bits per heavy atom. The molecule has 0 aromatic heterocycles. The number of hydrogen-bond donors (Lipinski definition) is 0. The Morgan fingerprint density at radius 3 is 2.37 bits per heavy atom. The van der Waals surface area contributed by atoms with Crippen LogP contribution in [0, 0.1) is 17.2 Å². The maximum Gasteiger partial charge on any atom is 0.232 e. The highest BCUT2D eigenvalue weighted by Crippen LogP contribution is 2.22. The molecule has 7 heteroatoms. The van der Waals surface area contributed by atoms with Gasteiger partial charge >= 0.3 is 0 Å². The van der Waals surface area contributed by atoms with Crippen molar-refractivity contribution >= 4 is 23.6 Å². The lowest BCUT2D eigenvalue weighted by Crippen LogP contribution is -2.47. The van der Waals surface area contributed by atoms with Gasteiger partial charge in [-0.15, -0.1) is 11.8 Å². The van der Waals surface area contributed by atoms with Gasteiger partial charge in [0, 0.05) is 37.8 Å². The fourth-order valence-electron chi connectivity index (χ4n) is 3.44. The van der Waals surface area contributed by atoms with E-state index in [2.05, 4.69) is 6.07 Å². The molecule has 3 rings (SSSR count). The summed E-state index contributed by atoms with van der Waals surface area (Å²) >= 11 is 1.59. The summed E-state index contributed by atoms with van der Waals surface area (Å²) in [4.78, 5) is 28.7. The molecule has 0 unspecified atom stereocenters. The van der Waals surface area contributed by atoms with Crippen molar-refractivity contribution < 1.29 is 14.3 Å². The predicted octanol–water partition coefficient (Wildman–Crippen LogP) is 1.89. The van der Waals surface area contributed by atoms with Crippen molar-refractivity contribution in [1.29, 1.82) is 5.26 Å². The van der Waals surface area contributed by atoms with Gasteiger partial charge in [-0.2, -0.15) is 5.26 Å². The van der Waals surface area contributed by atoms with E-state index >= 15 is 0 Å². The van der Waals surface area contributed by atoms with Gasteiger partial charge in [-0.25, -0.2) is 0 Å². The van der Waals surface area contributed by atoms with E-state index in [-0.39, 0.29) is 17.7 Å². The van der Waals surface area contributed by atoms with Crippen LogP contribution >= 0.6 is 11.8 Å². The van der Waals surface area contributed by atoms with Crippen molar-refractivity contribution in [1.82, 2.24) is 9.80 Å². The minimum absolute atomic E-state index is 0.0402. The van der Waals surface area contributed by atoms with E-state index in [0.29, 0.717) is 50.7 Å². The molecule has 27 heavy (non-hydrogen) atoms. The van der Waals surface area contributed by atoms with Crippen LogP contribution in [0.1, 0.15) is 24.0 Å². The molecule has 2 aliphatic rings. The van der Waals surface area contributed by atoms with Gasteiger partial charge in [-0.1, -0.05) is 12.1 Å². The molecule has 2 aliphatic heterocycles. The summed E-state index contributed by atoms with van der Waals surface area (Å²) in [6, 6.07) is 9.56. The molecule has 0 radical (unpaired) electrons. The van der Waals surface area contributed by atoms with E-state index in [9.17, 15) is 9.59 Å². The number of piperidine rings is 1. The first kappa shape index (κ1) is 19.7. The van der Waals surface area contributed by atoms with Crippen LogP contribution in [-0.2, 0) is 20.1 Å². The number of carbonyl (C=O) groups excluding carboxylic acids is 2. The molecule has 2 fully saturated rings.